The van der Waals surface area contributed by atoms with Crippen LogP contribution in [0.5, 0.6) is 0 Å². The Morgan fingerprint density at radius 3 is 2.63 bits per heavy atom. The minimum absolute atomic E-state index is 0.0333. The van der Waals surface area contributed by atoms with Crippen LogP contribution < -0.4 is 5.32 Å². The lowest BCUT2D eigenvalue weighted by Gasteiger charge is -2.13. The maximum absolute atomic E-state index is 13.7. The molecule has 0 fully saturated rings. The highest BCUT2D eigenvalue weighted by Gasteiger charge is 2.41. The van der Waals surface area contributed by atoms with E-state index in [0.717, 1.165) is 11.8 Å². The summed E-state index contributed by atoms with van der Waals surface area (Å²) in [5, 5.41) is 6.02. The van der Waals surface area contributed by atoms with Gasteiger partial charge in [0.2, 0.25) is 0 Å². The summed E-state index contributed by atoms with van der Waals surface area (Å²) in [7, 11) is 0. The lowest BCUT2D eigenvalue weighted by molar-refractivity contribution is -0.143. The van der Waals surface area contributed by atoms with Gasteiger partial charge in [-0.15, -0.1) is 0 Å². The molecule has 1 amide bonds. The third-order valence-corrected chi connectivity index (χ3v) is 3.86. The van der Waals surface area contributed by atoms with Crippen LogP contribution in [0.1, 0.15) is 27.3 Å². The third-order valence-electron chi connectivity index (χ3n) is 3.56. The van der Waals surface area contributed by atoms with Crippen molar-refractivity contribution < 1.29 is 18.0 Å². The quantitative estimate of drug-likeness (QED) is 0.721. The molecular formula is C17H13ClF3N5O. The number of nitrogens with zero attached hydrogens (tertiary/aromatic N) is 4. The topological polar surface area (TPSA) is 72.7 Å². The summed E-state index contributed by atoms with van der Waals surface area (Å²) < 4.78 is 41.5. The second-order valence-corrected chi connectivity index (χ2v) is 6.16. The van der Waals surface area contributed by atoms with Gasteiger partial charge < -0.3 is 5.32 Å². The molecule has 0 radical (unpaired) electrons. The monoisotopic (exact) mass is 395 g/mol. The minimum atomic E-state index is -4.86. The summed E-state index contributed by atoms with van der Waals surface area (Å²) >= 11 is 5.93. The first kappa shape index (κ1) is 18.8. The number of carbonyl (C=O) groups excluding carboxylic acids is 1. The molecule has 0 bridgehead atoms. The van der Waals surface area contributed by atoms with Crippen molar-refractivity contribution >= 4 is 23.3 Å². The standard InChI is InChI=1S/C17H13ClF3N5O/c1-9-6-10(2)24-13(7-9)25-16(27)11-8-23-26(14(11)17(19,20)21)15-12(18)4-3-5-22-15/h3-8H,1-2H3,(H,24,25,27). The summed E-state index contributed by atoms with van der Waals surface area (Å²) in [5.41, 5.74) is -0.503. The molecule has 0 unspecified atom stereocenters. The summed E-state index contributed by atoms with van der Waals surface area (Å²) in [6.45, 7) is 3.50. The van der Waals surface area contributed by atoms with Gasteiger partial charge in [-0.2, -0.15) is 18.3 Å². The summed E-state index contributed by atoms with van der Waals surface area (Å²) in [6, 6.07) is 6.18. The normalized spacial score (nSPS) is 11.5. The van der Waals surface area contributed by atoms with Crippen LogP contribution in [0.2, 0.25) is 5.02 Å². The maximum atomic E-state index is 13.7. The first-order valence-electron chi connectivity index (χ1n) is 7.69. The van der Waals surface area contributed by atoms with E-state index in [0.29, 0.717) is 10.4 Å². The van der Waals surface area contributed by atoms with Crippen LogP contribution in [0, 0.1) is 13.8 Å². The SMILES string of the molecule is Cc1cc(C)nc(NC(=O)c2cnn(-c3ncccc3Cl)c2C(F)(F)F)c1. The smallest absolute Gasteiger partial charge is 0.306 e. The summed E-state index contributed by atoms with van der Waals surface area (Å²) in [5.74, 6) is -1.07. The van der Waals surface area contributed by atoms with E-state index >= 15 is 0 Å². The molecule has 10 heteroatoms. The van der Waals surface area contributed by atoms with Gasteiger partial charge in [0.1, 0.15) is 5.82 Å². The van der Waals surface area contributed by atoms with Crippen LogP contribution >= 0.6 is 11.6 Å². The van der Waals surface area contributed by atoms with E-state index in [1.54, 1.807) is 26.0 Å². The fourth-order valence-corrected chi connectivity index (χ4v) is 2.77. The number of aromatic nitrogens is 4. The molecule has 0 saturated carbocycles. The van der Waals surface area contributed by atoms with Crippen molar-refractivity contribution in [2.24, 2.45) is 0 Å². The number of pyridine rings is 2. The lowest BCUT2D eigenvalue weighted by atomic mass is 10.2. The Kier molecular flexibility index (Phi) is 4.88. The van der Waals surface area contributed by atoms with Gasteiger partial charge in [-0.05, 0) is 43.7 Å². The molecule has 6 nitrogen and oxygen atoms in total. The fourth-order valence-electron chi connectivity index (χ4n) is 2.57. The Morgan fingerprint density at radius 1 is 1.26 bits per heavy atom. The highest BCUT2D eigenvalue weighted by atomic mass is 35.5. The number of hydrogen-bond donors (Lipinski definition) is 1. The van der Waals surface area contributed by atoms with Crippen LogP contribution in [0.3, 0.4) is 0 Å². The van der Waals surface area contributed by atoms with Crippen molar-refractivity contribution in [3.63, 3.8) is 0 Å². The molecule has 3 heterocycles. The Hall–Kier alpha value is -2.94. The average molecular weight is 396 g/mol. The molecule has 3 rings (SSSR count). The number of alkyl halides is 3. The molecule has 0 aliphatic heterocycles. The van der Waals surface area contributed by atoms with E-state index < -0.39 is 23.3 Å². The van der Waals surface area contributed by atoms with Gasteiger partial charge in [0.25, 0.3) is 5.91 Å². The zero-order valence-corrected chi connectivity index (χ0v) is 14.9. The number of halogens is 4. The molecule has 0 spiro atoms. The number of rotatable bonds is 3. The van der Waals surface area contributed by atoms with E-state index in [1.807, 2.05) is 0 Å². The Labute approximate surface area is 157 Å². The second kappa shape index (κ2) is 6.99. The van der Waals surface area contributed by atoms with Gasteiger partial charge in [0, 0.05) is 11.9 Å². The van der Waals surface area contributed by atoms with Crippen LogP contribution in [0.15, 0.2) is 36.7 Å². The zero-order chi connectivity index (χ0) is 19.8. The molecule has 1 N–H and O–H groups in total. The zero-order valence-electron chi connectivity index (χ0n) is 14.2. The Morgan fingerprint density at radius 2 is 2.00 bits per heavy atom. The van der Waals surface area contributed by atoms with E-state index in [4.69, 9.17) is 11.6 Å². The Balaban J connectivity index is 2.05. The van der Waals surface area contributed by atoms with Gasteiger partial charge in [-0.25, -0.2) is 14.6 Å². The molecule has 0 aliphatic carbocycles. The number of nitrogens with one attached hydrogen (secondary N) is 1. The van der Waals surface area contributed by atoms with Crippen LogP contribution in [0.25, 0.3) is 5.82 Å². The highest BCUT2D eigenvalue weighted by molar-refractivity contribution is 6.32. The fraction of sp³-hybridized carbons (Fsp3) is 0.176. The van der Waals surface area contributed by atoms with E-state index in [2.05, 4.69) is 20.4 Å². The van der Waals surface area contributed by atoms with E-state index in [-0.39, 0.29) is 16.7 Å². The largest absolute Gasteiger partial charge is 0.434 e. The first-order valence-corrected chi connectivity index (χ1v) is 8.07. The molecule has 0 aliphatic rings. The molecule has 27 heavy (non-hydrogen) atoms. The van der Waals surface area contributed by atoms with Gasteiger partial charge in [-0.1, -0.05) is 11.6 Å². The van der Waals surface area contributed by atoms with Gasteiger partial charge in [0.05, 0.1) is 16.8 Å². The molecule has 0 atom stereocenters. The van der Waals surface area contributed by atoms with Crippen molar-refractivity contribution in [3.05, 3.63) is 64.2 Å². The van der Waals surface area contributed by atoms with Crippen LogP contribution in [0.4, 0.5) is 19.0 Å². The summed E-state index contributed by atoms with van der Waals surface area (Å²) in [4.78, 5) is 20.4. The Bertz CT molecular complexity index is 996. The van der Waals surface area contributed by atoms with Gasteiger partial charge in [0.15, 0.2) is 11.5 Å². The molecule has 3 aromatic heterocycles. The van der Waals surface area contributed by atoms with Crippen molar-refractivity contribution in [2.45, 2.75) is 20.0 Å². The number of aryl methyl sites for hydroxylation is 2. The van der Waals surface area contributed by atoms with Crippen molar-refractivity contribution in [2.75, 3.05) is 5.32 Å². The third kappa shape index (κ3) is 3.92. The number of hydrogen-bond acceptors (Lipinski definition) is 4. The minimum Gasteiger partial charge on any atom is -0.306 e. The average Bonchev–Trinajstić information content (AvgIpc) is 2.99. The summed E-state index contributed by atoms with van der Waals surface area (Å²) in [6.07, 6.45) is -2.76. The van der Waals surface area contributed by atoms with Crippen LogP contribution in [-0.4, -0.2) is 25.7 Å². The second-order valence-electron chi connectivity index (χ2n) is 5.75. The number of amides is 1. The van der Waals surface area contributed by atoms with Crippen LogP contribution in [-0.2, 0) is 6.18 Å². The van der Waals surface area contributed by atoms with E-state index in [1.165, 1.54) is 18.3 Å². The molecular weight excluding hydrogens is 383 g/mol. The molecule has 0 saturated heterocycles. The number of carbonyl (C=O) groups is 1. The first-order chi connectivity index (χ1) is 12.7. The molecule has 0 aromatic carbocycles. The van der Waals surface area contributed by atoms with Crippen molar-refractivity contribution in [1.82, 2.24) is 19.7 Å². The number of anilines is 1. The predicted molar refractivity (Wildman–Crippen MR) is 93.0 cm³/mol. The van der Waals surface area contributed by atoms with Gasteiger partial charge in [-0.3, -0.25) is 4.79 Å². The van der Waals surface area contributed by atoms with E-state index in [9.17, 15) is 18.0 Å². The highest BCUT2D eigenvalue weighted by Crippen LogP contribution is 2.34. The van der Waals surface area contributed by atoms with Gasteiger partial charge >= 0.3 is 6.18 Å². The van der Waals surface area contributed by atoms with Crippen molar-refractivity contribution in [1.29, 1.82) is 0 Å². The van der Waals surface area contributed by atoms with Crippen molar-refractivity contribution in [3.8, 4) is 5.82 Å². The molecule has 140 valence electrons. The maximum Gasteiger partial charge on any atom is 0.434 e. The molecule has 3 aromatic rings. The lowest BCUT2D eigenvalue weighted by Crippen LogP contribution is -2.21. The predicted octanol–water partition coefficient (Wildman–Crippen LogP) is 4.20.